The van der Waals surface area contributed by atoms with Gasteiger partial charge in [-0.25, -0.2) is 4.85 Å². The van der Waals surface area contributed by atoms with Crippen molar-refractivity contribution in [3.8, 4) is 11.8 Å². The Balaban J connectivity index is 1.86. The first-order valence-corrected chi connectivity index (χ1v) is 10.5. The minimum Gasteiger partial charge on any atom is -0.478 e. The van der Waals surface area contributed by atoms with Crippen LogP contribution in [-0.2, 0) is 20.7 Å². The topological polar surface area (TPSA) is 117 Å². The molecule has 0 amide bonds. The Morgan fingerprint density at radius 1 is 1.24 bits per heavy atom. The fourth-order valence-electron chi connectivity index (χ4n) is 5.40. The molecule has 1 aromatic heterocycles. The zero-order valence-electron chi connectivity index (χ0n) is 18.0. The number of hydrogen-bond donors (Lipinski definition) is 2. The van der Waals surface area contributed by atoms with Gasteiger partial charge in [-0.3, -0.25) is 9.78 Å². The van der Waals surface area contributed by atoms with E-state index in [0.717, 1.165) is 0 Å². The molecule has 2 N–H and O–H groups in total. The number of esters is 1. The first-order valence-electron chi connectivity index (χ1n) is 10.5. The van der Waals surface area contributed by atoms with Crippen LogP contribution in [0.25, 0.3) is 4.85 Å². The van der Waals surface area contributed by atoms with Gasteiger partial charge in [-0.1, -0.05) is 42.5 Å². The summed E-state index contributed by atoms with van der Waals surface area (Å²) in [5.41, 5.74) is -2.15. The van der Waals surface area contributed by atoms with E-state index < -0.39 is 35.1 Å². The highest BCUT2D eigenvalue weighted by Crippen LogP contribution is 2.68. The number of nitriles is 1. The summed E-state index contributed by atoms with van der Waals surface area (Å²) in [6.07, 6.45) is -0.356. The molecule has 168 valence electrons. The second kappa shape index (κ2) is 7.67. The molecule has 0 spiro atoms. The van der Waals surface area contributed by atoms with Gasteiger partial charge in [-0.2, -0.15) is 5.26 Å². The van der Waals surface area contributed by atoms with Crippen LogP contribution in [0.4, 0.5) is 5.69 Å². The molecule has 0 radical (unpaired) electrons. The van der Waals surface area contributed by atoms with E-state index in [4.69, 9.17) is 16.0 Å². The molecule has 1 aliphatic carbocycles. The highest BCUT2D eigenvalue weighted by Gasteiger charge is 2.78. The molecule has 1 aliphatic heterocycles. The van der Waals surface area contributed by atoms with E-state index in [1.165, 1.54) is 19.4 Å². The predicted octanol–water partition coefficient (Wildman–Crippen LogP) is 2.93. The van der Waals surface area contributed by atoms with E-state index in [1.54, 1.807) is 48.5 Å². The quantitative estimate of drug-likeness (QED) is 0.463. The summed E-state index contributed by atoms with van der Waals surface area (Å²) < 4.78 is 11.5. The lowest BCUT2D eigenvalue weighted by Gasteiger charge is -2.40. The van der Waals surface area contributed by atoms with Gasteiger partial charge >= 0.3 is 5.97 Å². The van der Waals surface area contributed by atoms with Crippen molar-refractivity contribution in [1.29, 1.82) is 5.26 Å². The van der Waals surface area contributed by atoms with Gasteiger partial charge in [0.15, 0.2) is 11.2 Å². The predicted molar refractivity (Wildman–Crippen MR) is 119 cm³/mol. The first-order chi connectivity index (χ1) is 16.4. The molecule has 1 fully saturated rings. The molecule has 2 aliphatic rings. The number of aromatic nitrogens is 1. The number of aliphatic hydroxyl groups is 2. The van der Waals surface area contributed by atoms with Gasteiger partial charge in [0.25, 0.3) is 0 Å². The van der Waals surface area contributed by atoms with Crippen molar-refractivity contribution in [1.82, 2.24) is 4.98 Å². The molecular weight excluding hydrogens is 434 g/mol. The smallest absolute Gasteiger partial charge is 0.312 e. The zero-order chi connectivity index (χ0) is 24.1. The summed E-state index contributed by atoms with van der Waals surface area (Å²) in [6, 6.07) is 18.9. The standard InChI is InChI=1S/C26H19N3O5/c1-28-18-12-19-22(29-14-18)25(32)23(30)20(24(31)33-2)21(16-6-4-3-5-7-16)26(25,34-19)17-10-8-15(13-27)9-11-17/h3-12,14,20-21,23,30,32H,2H3/t20-,21-,23-,25+,26+/m1/s1. The number of carbonyl (C=O) groups excluding carboxylic acids is 1. The minimum atomic E-state index is -2.16. The van der Waals surface area contributed by atoms with Crippen LogP contribution in [0.2, 0.25) is 0 Å². The molecule has 1 saturated carbocycles. The van der Waals surface area contributed by atoms with Crippen molar-refractivity contribution in [2.24, 2.45) is 5.92 Å². The van der Waals surface area contributed by atoms with Gasteiger partial charge < -0.3 is 19.7 Å². The van der Waals surface area contributed by atoms with E-state index in [9.17, 15) is 20.3 Å². The molecule has 8 nitrogen and oxygen atoms in total. The molecule has 2 aromatic carbocycles. The molecule has 34 heavy (non-hydrogen) atoms. The number of aliphatic hydroxyl groups excluding tert-OH is 1. The van der Waals surface area contributed by atoms with Gasteiger partial charge in [0.2, 0.25) is 5.69 Å². The van der Waals surface area contributed by atoms with Crippen LogP contribution in [0.1, 0.15) is 28.3 Å². The normalized spacial score (nSPS) is 28.7. The summed E-state index contributed by atoms with van der Waals surface area (Å²) >= 11 is 0. The average Bonchev–Trinajstić information content (AvgIpc) is 3.26. The van der Waals surface area contributed by atoms with E-state index in [0.29, 0.717) is 16.7 Å². The molecule has 0 unspecified atom stereocenters. The largest absolute Gasteiger partial charge is 0.478 e. The van der Waals surface area contributed by atoms with Crippen LogP contribution in [0.15, 0.2) is 66.9 Å². The molecule has 5 rings (SSSR count). The Morgan fingerprint density at radius 2 is 1.94 bits per heavy atom. The van der Waals surface area contributed by atoms with Crippen molar-refractivity contribution in [3.05, 3.63) is 101 Å². The summed E-state index contributed by atoms with van der Waals surface area (Å²) in [4.78, 5) is 20.7. The van der Waals surface area contributed by atoms with Gasteiger partial charge in [0, 0.05) is 12.1 Å². The molecular formula is C26H19N3O5. The molecule has 2 heterocycles. The SMILES string of the molecule is [C-]#[N+]c1cnc2c(c1)O[C@@]1(c3ccc(C#N)cc3)[C@H](c3ccccc3)[C@@H](C(=O)OC)[C@@H](O)[C@@]21O. The molecule has 8 heteroatoms. The van der Waals surface area contributed by atoms with Crippen molar-refractivity contribution in [3.63, 3.8) is 0 Å². The number of fused-ring (bicyclic) bond motifs is 3. The number of methoxy groups -OCH3 is 1. The van der Waals surface area contributed by atoms with E-state index in [-0.39, 0.29) is 17.1 Å². The summed E-state index contributed by atoms with van der Waals surface area (Å²) in [7, 11) is 1.22. The Labute approximate surface area is 195 Å². The third-order valence-electron chi connectivity index (χ3n) is 6.81. The van der Waals surface area contributed by atoms with Crippen LogP contribution in [0, 0.1) is 23.8 Å². The van der Waals surface area contributed by atoms with Crippen molar-refractivity contribution < 1.29 is 24.5 Å². The van der Waals surface area contributed by atoms with Gasteiger partial charge in [0.1, 0.15) is 17.5 Å². The van der Waals surface area contributed by atoms with Gasteiger partial charge in [0.05, 0.1) is 31.2 Å². The summed E-state index contributed by atoms with van der Waals surface area (Å²) in [5.74, 6) is -2.65. The monoisotopic (exact) mass is 453 g/mol. The van der Waals surface area contributed by atoms with Crippen molar-refractivity contribution in [2.75, 3.05) is 7.11 Å². The fourth-order valence-corrected chi connectivity index (χ4v) is 5.40. The lowest BCUT2D eigenvalue weighted by Crippen LogP contribution is -2.52. The Kier molecular flexibility index (Phi) is 4.87. The maximum atomic E-state index is 13.0. The van der Waals surface area contributed by atoms with Gasteiger partial charge in [-0.05, 0) is 29.3 Å². The zero-order valence-corrected chi connectivity index (χ0v) is 18.0. The highest BCUT2D eigenvalue weighted by molar-refractivity contribution is 5.77. The highest BCUT2D eigenvalue weighted by atomic mass is 16.5. The third kappa shape index (κ3) is 2.64. The van der Waals surface area contributed by atoms with Crippen LogP contribution >= 0.6 is 0 Å². The number of pyridine rings is 1. The van der Waals surface area contributed by atoms with Crippen LogP contribution in [0.3, 0.4) is 0 Å². The van der Waals surface area contributed by atoms with Crippen molar-refractivity contribution >= 4 is 11.7 Å². The number of nitrogens with zero attached hydrogens (tertiary/aromatic N) is 3. The molecule has 5 atom stereocenters. The lowest BCUT2D eigenvalue weighted by atomic mass is 9.71. The number of ether oxygens (including phenoxy) is 2. The van der Waals surface area contributed by atoms with Crippen LogP contribution in [-0.4, -0.2) is 34.4 Å². The third-order valence-corrected chi connectivity index (χ3v) is 6.81. The van der Waals surface area contributed by atoms with E-state index in [1.807, 2.05) is 6.07 Å². The Morgan fingerprint density at radius 3 is 2.56 bits per heavy atom. The molecule has 0 saturated heterocycles. The van der Waals surface area contributed by atoms with Gasteiger partial charge in [-0.15, -0.1) is 0 Å². The fraction of sp³-hybridized carbons (Fsp3) is 0.231. The second-order valence-electron chi connectivity index (χ2n) is 8.33. The molecule has 3 aromatic rings. The van der Waals surface area contributed by atoms with E-state index >= 15 is 0 Å². The number of benzene rings is 2. The van der Waals surface area contributed by atoms with Crippen molar-refractivity contribution in [2.45, 2.75) is 23.2 Å². The molecule has 0 bridgehead atoms. The average molecular weight is 453 g/mol. The summed E-state index contributed by atoms with van der Waals surface area (Å²) in [5, 5.41) is 33.2. The number of rotatable bonds is 3. The maximum absolute atomic E-state index is 13.0. The van der Waals surface area contributed by atoms with Crippen LogP contribution < -0.4 is 4.74 Å². The Hall–Kier alpha value is -4.24. The van der Waals surface area contributed by atoms with Crippen LogP contribution in [0.5, 0.6) is 5.75 Å². The van der Waals surface area contributed by atoms with E-state index in [2.05, 4.69) is 15.9 Å². The number of hydrogen-bond acceptors (Lipinski definition) is 7. The maximum Gasteiger partial charge on any atom is 0.312 e. The Bertz CT molecular complexity index is 1360. The summed E-state index contributed by atoms with van der Waals surface area (Å²) in [6.45, 7) is 7.32. The first kappa shape index (κ1) is 21.6. The second-order valence-corrected chi connectivity index (χ2v) is 8.33. The lowest BCUT2D eigenvalue weighted by molar-refractivity contribution is -0.162. The number of carbonyl (C=O) groups is 1. The minimum absolute atomic E-state index is 0.0316.